The minimum Gasteiger partial charge on any atom is -0.103 e. The summed E-state index contributed by atoms with van der Waals surface area (Å²) in [7, 11) is 0. The van der Waals surface area contributed by atoms with Gasteiger partial charge in [0, 0.05) is 0 Å². The fourth-order valence-corrected chi connectivity index (χ4v) is 2.03. The summed E-state index contributed by atoms with van der Waals surface area (Å²) in [6.45, 7) is 7.73. The first-order chi connectivity index (χ1) is 5.33. The van der Waals surface area contributed by atoms with Crippen molar-refractivity contribution < 1.29 is 0 Å². The lowest BCUT2D eigenvalue weighted by molar-refractivity contribution is 0.261. The zero-order chi connectivity index (χ0) is 8.16. The molecule has 0 N–H and O–H groups in total. The fourth-order valence-electron chi connectivity index (χ4n) is 2.03. The summed E-state index contributed by atoms with van der Waals surface area (Å²) < 4.78 is 0. The van der Waals surface area contributed by atoms with Crippen molar-refractivity contribution in [1.29, 1.82) is 0 Å². The van der Waals surface area contributed by atoms with Crippen molar-refractivity contribution in [2.75, 3.05) is 0 Å². The van der Waals surface area contributed by atoms with Crippen LogP contribution in [0.15, 0.2) is 25.3 Å². The Morgan fingerprint density at radius 1 is 1.09 bits per heavy atom. The molecule has 0 spiro atoms. The van der Waals surface area contributed by atoms with Crippen molar-refractivity contribution in [2.24, 2.45) is 5.41 Å². The molecule has 0 bridgehead atoms. The molecule has 62 valence electrons. The number of rotatable bonds is 3. The van der Waals surface area contributed by atoms with Crippen molar-refractivity contribution in [2.45, 2.75) is 38.5 Å². The van der Waals surface area contributed by atoms with E-state index in [0.717, 1.165) is 6.42 Å². The fraction of sp³-hybridized carbons (Fsp3) is 0.636. The quantitative estimate of drug-likeness (QED) is 0.538. The molecule has 0 heteroatoms. The van der Waals surface area contributed by atoms with Crippen molar-refractivity contribution in [3.63, 3.8) is 0 Å². The lowest BCUT2D eigenvalue weighted by Crippen LogP contribution is -2.20. The molecule has 0 amide bonds. The van der Waals surface area contributed by atoms with Crippen LogP contribution in [0, 0.1) is 5.41 Å². The first-order valence-electron chi connectivity index (χ1n) is 4.57. The van der Waals surface area contributed by atoms with Gasteiger partial charge in [-0.3, -0.25) is 0 Å². The third kappa shape index (κ3) is 1.95. The summed E-state index contributed by atoms with van der Waals surface area (Å²) in [5.41, 5.74) is 0.417. The summed E-state index contributed by atoms with van der Waals surface area (Å²) in [4.78, 5) is 0. The number of hydrogen-bond donors (Lipinski definition) is 0. The molecule has 0 aromatic heterocycles. The minimum atomic E-state index is 0.417. The second-order valence-corrected chi connectivity index (χ2v) is 3.62. The van der Waals surface area contributed by atoms with Crippen LogP contribution in [-0.4, -0.2) is 0 Å². The first-order valence-corrected chi connectivity index (χ1v) is 4.57. The maximum absolute atomic E-state index is 3.93. The molecular formula is C11H18. The summed E-state index contributed by atoms with van der Waals surface area (Å²) in [6, 6.07) is 0. The first kappa shape index (κ1) is 8.58. The SMILES string of the molecule is C=CCC1(C=C)CCCCC1. The molecule has 0 heterocycles. The zero-order valence-electron chi connectivity index (χ0n) is 7.31. The minimum absolute atomic E-state index is 0.417. The van der Waals surface area contributed by atoms with Gasteiger partial charge < -0.3 is 0 Å². The molecule has 0 radical (unpaired) electrons. The Morgan fingerprint density at radius 3 is 2.18 bits per heavy atom. The van der Waals surface area contributed by atoms with Gasteiger partial charge in [-0.05, 0) is 24.7 Å². The molecule has 0 nitrogen and oxygen atoms in total. The Kier molecular flexibility index (Phi) is 2.92. The third-order valence-corrected chi connectivity index (χ3v) is 2.83. The van der Waals surface area contributed by atoms with Gasteiger partial charge in [0.05, 0.1) is 0 Å². The summed E-state index contributed by atoms with van der Waals surface area (Å²) >= 11 is 0. The van der Waals surface area contributed by atoms with E-state index >= 15 is 0 Å². The van der Waals surface area contributed by atoms with Gasteiger partial charge >= 0.3 is 0 Å². The van der Waals surface area contributed by atoms with E-state index in [1.807, 2.05) is 6.08 Å². The van der Waals surface area contributed by atoms with Crippen LogP contribution in [0.5, 0.6) is 0 Å². The molecule has 0 unspecified atom stereocenters. The van der Waals surface area contributed by atoms with Gasteiger partial charge in [-0.2, -0.15) is 0 Å². The highest BCUT2D eigenvalue weighted by Gasteiger charge is 2.26. The van der Waals surface area contributed by atoms with E-state index in [1.165, 1.54) is 32.1 Å². The molecular weight excluding hydrogens is 132 g/mol. The van der Waals surface area contributed by atoms with Crippen molar-refractivity contribution in [1.82, 2.24) is 0 Å². The molecule has 0 aliphatic heterocycles. The molecule has 0 atom stereocenters. The molecule has 0 saturated heterocycles. The van der Waals surface area contributed by atoms with E-state index in [1.54, 1.807) is 0 Å². The van der Waals surface area contributed by atoms with Crippen molar-refractivity contribution in [3.8, 4) is 0 Å². The van der Waals surface area contributed by atoms with Gasteiger partial charge in [0.15, 0.2) is 0 Å². The monoisotopic (exact) mass is 150 g/mol. The van der Waals surface area contributed by atoms with Crippen LogP contribution in [0.4, 0.5) is 0 Å². The summed E-state index contributed by atoms with van der Waals surface area (Å²) in [5.74, 6) is 0. The number of hydrogen-bond acceptors (Lipinski definition) is 0. The highest BCUT2D eigenvalue weighted by molar-refractivity contribution is 5.00. The molecule has 1 fully saturated rings. The van der Waals surface area contributed by atoms with Gasteiger partial charge in [-0.25, -0.2) is 0 Å². The highest BCUT2D eigenvalue weighted by Crippen LogP contribution is 2.40. The van der Waals surface area contributed by atoms with Crippen molar-refractivity contribution in [3.05, 3.63) is 25.3 Å². The van der Waals surface area contributed by atoms with E-state index in [9.17, 15) is 0 Å². The lowest BCUT2D eigenvalue weighted by Gasteiger charge is -2.33. The molecule has 1 aliphatic rings. The predicted molar refractivity (Wildman–Crippen MR) is 50.5 cm³/mol. The summed E-state index contributed by atoms with van der Waals surface area (Å²) in [6.07, 6.45) is 12.1. The molecule has 1 saturated carbocycles. The average molecular weight is 150 g/mol. The zero-order valence-corrected chi connectivity index (χ0v) is 7.31. The standard InChI is InChI=1S/C11H18/c1-3-8-11(4-2)9-6-5-7-10-11/h3-4H,1-2,5-10H2. The van der Waals surface area contributed by atoms with E-state index in [2.05, 4.69) is 19.2 Å². The lowest BCUT2D eigenvalue weighted by atomic mass is 9.72. The molecule has 11 heavy (non-hydrogen) atoms. The third-order valence-electron chi connectivity index (χ3n) is 2.83. The van der Waals surface area contributed by atoms with Crippen LogP contribution in [0.2, 0.25) is 0 Å². The van der Waals surface area contributed by atoms with Crippen LogP contribution in [0.1, 0.15) is 38.5 Å². The Labute approximate surface area is 70.0 Å². The Hall–Kier alpha value is -0.520. The molecule has 0 aromatic rings. The predicted octanol–water partition coefficient (Wildman–Crippen LogP) is 3.70. The van der Waals surface area contributed by atoms with Gasteiger partial charge in [0.25, 0.3) is 0 Å². The van der Waals surface area contributed by atoms with E-state index < -0.39 is 0 Å². The van der Waals surface area contributed by atoms with Crippen LogP contribution in [0.3, 0.4) is 0 Å². The largest absolute Gasteiger partial charge is 0.103 e. The molecule has 0 aromatic carbocycles. The van der Waals surface area contributed by atoms with Crippen LogP contribution >= 0.6 is 0 Å². The Balaban J connectivity index is 2.56. The Morgan fingerprint density at radius 2 is 1.73 bits per heavy atom. The van der Waals surface area contributed by atoms with Crippen molar-refractivity contribution >= 4 is 0 Å². The topological polar surface area (TPSA) is 0 Å². The van der Waals surface area contributed by atoms with E-state index in [-0.39, 0.29) is 0 Å². The van der Waals surface area contributed by atoms with Crippen LogP contribution < -0.4 is 0 Å². The van der Waals surface area contributed by atoms with E-state index in [4.69, 9.17) is 0 Å². The normalized spacial score (nSPS) is 22.5. The maximum Gasteiger partial charge on any atom is -0.00865 e. The maximum atomic E-state index is 3.93. The van der Waals surface area contributed by atoms with Gasteiger partial charge in [0.2, 0.25) is 0 Å². The average Bonchev–Trinajstić information content (AvgIpc) is 2.07. The smallest absolute Gasteiger partial charge is 0.00865 e. The van der Waals surface area contributed by atoms with E-state index in [0.29, 0.717) is 5.41 Å². The van der Waals surface area contributed by atoms with Gasteiger partial charge in [0.1, 0.15) is 0 Å². The van der Waals surface area contributed by atoms with Gasteiger partial charge in [-0.15, -0.1) is 13.2 Å². The molecule has 1 rings (SSSR count). The molecule has 1 aliphatic carbocycles. The highest BCUT2D eigenvalue weighted by atomic mass is 14.3. The van der Waals surface area contributed by atoms with Crippen LogP contribution in [-0.2, 0) is 0 Å². The second kappa shape index (κ2) is 3.75. The summed E-state index contributed by atoms with van der Waals surface area (Å²) in [5, 5.41) is 0. The van der Waals surface area contributed by atoms with Crippen LogP contribution in [0.25, 0.3) is 0 Å². The number of allylic oxidation sites excluding steroid dienone is 2. The Bertz CT molecular complexity index is 138. The van der Waals surface area contributed by atoms with Gasteiger partial charge in [-0.1, -0.05) is 31.4 Å². The second-order valence-electron chi connectivity index (χ2n) is 3.62.